The lowest BCUT2D eigenvalue weighted by molar-refractivity contribution is -0.443. The van der Waals surface area contributed by atoms with Crippen molar-refractivity contribution in [2.75, 3.05) is 0 Å². The van der Waals surface area contributed by atoms with Crippen molar-refractivity contribution in [2.45, 2.75) is 19.9 Å². The van der Waals surface area contributed by atoms with Gasteiger partial charge in [0.1, 0.15) is 5.97 Å². The number of carboxylic acid groups (broad SMARTS) is 1. The molecule has 0 amide bonds. The van der Waals surface area contributed by atoms with Gasteiger partial charge >= 0.3 is 0 Å². The molecule has 0 fully saturated rings. The van der Waals surface area contributed by atoms with Gasteiger partial charge in [-0.1, -0.05) is 0 Å². The molecule has 4 N–H and O–H groups in total. The van der Waals surface area contributed by atoms with Gasteiger partial charge in [0.15, 0.2) is 6.04 Å². The van der Waals surface area contributed by atoms with E-state index < -0.39 is 12.0 Å². The highest BCUT2D eigenvalue weighted by atomic mass is 16.4. The van der Waals surface area contributed by atoms with Crippen LogP contribution in [0.2, 0.25) is 0 Å². The number of hydrogen-bond donors (Lipinski definition) is 2. The third-order valence-corrected chi connectivity index (χ3v) is 1.82. The van der Waals surface area contributed by atoms with Gasteiger partial charge in [0, 0.05) is 5.69 Å². The van der Waals surface area contributed by atoms with Crippen molar-refractivity contribution in [3.63, 3.8) is 0 Å². The van der Waals surface area contributed by atoms with Crippen LogP contribution in [0.1, 0.15) is 23.0 Å². The van der Waals surface area contributed by atoms with E-state index in [2.05, 4.69) is 15.9 Å². The van der Waals surface area contributed by atoms with Crippen molar-refractivity contribution in [1.82, 2.24) is 10.2 Å². The quantitative estimate of drug-likeness (QED) is 0.539. The minimum atomic E-state index is -1.18. The molecule has 0 aliphatic rings. The number of carbonyl (C=O) groups excluding carboxylic acids is 1. The zero-order chi connectivity index (χ0) is 9.30. The SMILES string of the molecule is Cc1n[nH]c(C)c1[C@H]([NH3+])C(=O)[O-]. The Morgan fingerprint density at radius 3 is 2.58 bits per heavy atom. The van der Waals surface area contributed by atoms with Crippen LogP contribution in [-0.2, 0) is 4.79 Å². The molecule has 12 heavy (non-hydrogen) atoms. The van der Waals surface area contributed by atoms with Crippen LogP contribution in [0.15, 0.2) is 0 Å². The molecule has 1 aromatic rings. The van der Waals surface area contributed by atoms with Crippen molar-refractivity contribution in [2.24, 2.45) is 0 Å². The van der Waals surface area contributed by atoms with Gasteiger partial charge in [0.05, 0.1) is 11.3 Å². The Bertz CT molecular complexity index is 286. The predicted molar refractivity (Wildman–Crippen MR) is 38.7 cm³/mol. The smallest absolute Gasteiger partial charge is 0.154 e. The zero-order valence-corrected chi connectivity index (χ0v) is 7.05. The summed E-state index contributed by atoms with van der Waals surface area (Å²) in [5.74, 6) is -1.18. The second-order valence-corrected chi connectivity index (χ2v) is 2.72. The molecular weight excluding hydrogens is 158 g/mol. The Morgan fingerprint density at radius 2 is 2.25 bits per heavy atom. The Labute approximate surface area is 69.6 Å². The number of carboxylic acids is 1. The van der Waals surface area contributed by atoms with E-state index in [0.717, 1.165) is 5.69 Å². The van der Waals surface area contributed by atoms with E-state index in [1.54, 1.807) is 13.8 Å². The fourth-order valence-electron chi connectivity index (χ4n) is 1.19. The summed E-state index contributed by atoms with van der Waals surface area (Å²) >= 11 is 0. The van der Waals surface area contributed by atoms with Gasteiger partial charge < -0.3 is 15.6 Å². The third-order valence-electron chi connectivity index (χ3n) is 1.82. The molecule has 1 aromatic heterocycles. The minimum absolute atomic E-state index is 0.620. The van der Waals surface area contributed by atoms with Crippen molar-refractivity contribution < 1.29 is 15.6 Å². The first kappa shape index (κ1) is 8.73. The van der Waals surface area contributed by atoms with Gasteiger partial charge in [0.2, 0.25) is 0 Å². The lowest BCUT2D eigenvalue weighted by Crippen LogP contribution is -2.61. The van der Waals surface area contributed by atoms with Crippen molar-refractivity contribution in [3.8, 4) is 0 Å². The van der Waals surface area contributed by atoms with Gasteiger partial charge in [-0.3, -0.25) is 5.10 Å². The first-order chi connectivity index (χ1) is 5.54. The molecule has 0 unspecified atom stereocenters. The Kier molecular flexibility index (Phi) is 2.14. The van der Waals surface area contributed by atoms with E-state index in [-0.39, 0.29) is 0 Å². The molecule has 1 rings (SSSR count). The third kappa shape index (κ3) is 1.31. The van der Waals surface area contributed by atoms with Crippen LogP contribution < -0.4 is 10.8 Å². The van der Waals surface area contributed by atoms with Gasteiger partial charge in [-0.15, -0.1) is 0 Å². The summed E-state index contributed by atoms with van der Waals surface area (Å²) in [4.78, 5) is 10.5. The number of nitrogens with one attached hydrogen (secondary N) is 1. The van der Waals surface area contributed by atoms with E-state index >= 15 is 0 Å². The summed E-state index contributed by atoms with van der Waals surface area (Å²) in [5, 5.41) is 17.0. The largest absolute Gasteiger partial charge is 0.544 e. The van der Waals surface area contributed by atoms with Crippen LogP contribution in [0.4, 0.5) is 0 Å². The van der Waals surface area contributed by atoms with E-state index in [1.165, 1.54) is 0 Å². The Hall–Kier alpha value is -1.36. The lowest BCUT2D eigenvalue weighted by atomic mass is 10.1. The maximum atomic E-state index is 10.5. The predicted octanol–water partition coefficient (Wildman–Crippen LogP) is -1.94. The second kappa shape index (κ2) is 2.94. The van der Waals surface area contributed by atoms with Crippen LogP contribution in [-0.4, -0.2) is 16.2 Å². The summed E-state index contributed by atoms with van der Waals surface area (Å²) in [5.41, 5.74) is 5.50. The summed E-state index contributed by atoms with van der Waals surface area (Å²) in [6.07, 6.45) is 0. The minimum Gasteiger partial charge on any atom is -0.544 e. The molecule has 5 heteroatoms. The zero-order valence-electron chi connectivity index (χ0n) is 7.05. The molecule has 0 aromatic carbocycles. The number of aromatic nitrogens is 2. The molecule has 0 aliphatic heterocycles. The van der Waals surface area contributed by atoms with Crippen molar-refractivity contribution >= 4 is 5.97 Å². The number of nitrogens with zero attached hydrogens (tertiary/aromatic N) is 1. The fourth-order valence-corrected chi connectivity index (χ4v) is 1.19. The van der Waals surface area contributed by atoms with Crippen molar-refractivity contribution in [1.29, 1.82) is 0 Å². The molecule has 66 valence electrons. The number of quaternary nitrogens is 1. The second-order valence-electron chi connectivity index (χ2n) is 2.72. The lowest BCUT2D eigenvalue weighted by Gasteiger charge is -2.08. The number of H-pyrrole nitrogens is 1. The van der Waals surface area contributed by atoms with E-state index in [0.29, 0.717) is 11.3 Å². The molecule has 1 atom stereocenters. The first-order valence-electron chi connectivity index (χ1n) is 3.59. The Balaban J connectivity index is 3.08. The molecule has 5 nitrogen and oxygen atoms in total. The summed E-state index contributed by atoms with van der Waals surface area (Å²) in [6.45, 7) is 3.50. The Morgan fingerprint density at radius 1 is 1.67 bits per heavy atom. The van der Waals surface area contributed by atoms with Crippen molar-refractivity contribution in [3.05, 3.63) is 17.0 Å². The van der Waals surface area contributed by atoms with Crippen LogP contribution in [0.25, 0.3) is 0 Å². The van der Waals surface area contributed by atoms with E-state index in [1.807, 2.05) is 0 Å². The molecule has 0 saturated carbocycles. The number of aromatic amines is 1. The van der Waals surface area contributed by atoms with Crippen LogP contribution in [0.3, 0.4) is 0 Å². The van der Waals surface area contributed by atoms with Crippen LogP contribution in [0.5, 0.6) is 0 Å². The van der Waals surface area contributed by atoms with Gasteiger partial charge in [-0.2, -0.15) is 5.10 Å². The molecule has 0 aliphatic carbocycles. The van der Waals surface area contributed by atoms with E-state index in [4.69, 9.17) is 0 Å². The van der Waals surface area contributed by atoms with E-state index in [9.17, 15) is 9.90 Å². The molecule has 0 saturated heterocycles. The number of rotatable bonds is 2. The van der Waals surface area contributed by atoms with Crippen LogP contribution in [0, 0.1) is 13.8 Å². The molecule has 1 heterocycles. The normalized spacial score (nSPS) is 12.9. The molecular formula is C7H11N3O2. The maximum Gasteiger partial charge on any atom is 0.154 e. The maximum absolute atomic E-state index is 10.5. The summed E-state index contributed by atoms with van der Waals surface area (Å²) < 4.78 is 0. The highest BCUT2D eigenvalue weighted by Crippen LogP contribution is 2.14. The highest BCUT2D eigenvalue weighted by Gasteiger charge is 2.18. The standard InChI is InChI=1S/C7H11N3O2/c1-3-5(4(2)10-9-3)6(8)7(11)12/h6H,8H2,1-2H3,(H,9,10)(H,11,12)/t6-/m0/s1. The number of aliphatic carboxylic acids is 1. The molecule has 0 bridgehead atoms. The number of carbonyl (C=O) groups is 1. The molecule has 0 radical (unpaired) electrons. The monoisotopic (exact) mass is 169 g/mol. The average Bonchev–Trinajstić information content (AvgIpc) is 2.30. The average molecular weight is 169 g/mol. The number of aryl methyl sites for hydroxylation is 2. The number of hydrogen-bond acceptors (Lipinski definition) is 3. The first-order valence-corrected chi connectivity index (χ1v) is 3.59. The summed E-state index contributed by atoms with van der Waals surface area (Å²) in [6, 6.07) is -0.844. The molecule has 0 spiro atoms. The van der Waals surface area contributed by atoms with Gasteiger partial charge in [-0.25, -0.2) is 0 Å². The van der Waals surface area contributed by atoms with Crippen LogP contribution >= 0.6 is 0 Å². The topological polar surface area (TPSA) is 96.5 Å². The summed E-state index contributed by atoms with van der Waals surface area (Å²) in [7, 11) is 0. The van der Waals surface area contributed by atoms with Gasteiger partial charge in [0.25, 0.3) is 0 Å². The fraction of sp³-hybridized carbons (Fsp3) is 0.429. The van der Waals surface area contributed by atoms with Gasteiger partial charge in [-0.05, 0) is 13.8 Å². The highest BCUT2D eigenvalue weighted by molar-refractivity contribution is 5.72.